The third-order valence-electron chi connectivity index (χ3n) is 4.07. The third kappa shape index (κ3) is 4.80. The minimum absolute atomic E-state index is 0.218. The number of carbonyl (C=O) groups is 1. The lowest BCUT2D eigenvalue weighted by atomic mass is 10.2. The topological polar surface area (TPSA) is 69.7 Å². The predicted octanol–water partition coefficient (Wildman–Crippen LogP) is 3.91. The molecule has 146 valence electrons. The molecule has 28 heavy (non-hydrogen) atoms. The van der Waals surface area contributed by atoms with Gasteiger partial charge < -0.3 is 19.5 Å². The van der Waals surface area contributed by atoms with Crippen molar-refractivity contribution in [3.05, 3.63) is 59.6 Å². The quantitative estimate of drug-likeness (QED) is 0.623. The van der Waals surface area contributed by atoms with Gasteiger partial charge in [0.05, 0.1) is 26.5 Å². The average Bonchev–Trinajstić information content (AvgIpc) is 3.21. The molecular weight excluding hydrogens is 376 g/mol. The second-order valence-electron chi connectivity index (χ2n) is 6.00. The average molecular weight is 398 g/mol. The van der Waals surface area contributed by atoms with Gasteiger partial charge in [-0.05, 0) is 43.3 Å². The molecule has 1 N–H and O–H groups in total. The minimum atomic E-state index is -0.656. The molecule has 3 rings (SSSR count). The highest BCUT2D eigenvalue weighted by molar-refractivity contribution is 7.13. The fourth-order valence-corrected chi connectivity index (χ4v) is 3.36. The SMILES string of the molecule is COc1ccc(-c2nc(CNC(=O)[C@H](C)Oc3ccccc3OC)cs2)cc1. The molecule has 1 atom stereocenters. The van der Waals surface area contributed by atoms with Crippen LogP contribution in [0.2, 0.25) is 0 Å². The molecule has 6 nitrogen and oxygen atoms in total. The van der Waals surface area contributed by atoms with E-state index in [9.17, 15) is 4.79 Å². The number of carbonyl (C=O) groups excluding carboxylic acids is 1. The zero-order valence-electron chi connectivity index (χ0n) is 16.0. The first-order chi connectivity index (χ1) is 13.6. The Morgan fingerprint density at radius 3 is 2.46 bits per heavy atom. The number of nitrogens with zero attached hydrogens (tertiary/aromatic N) is 1. The molecule has 1 aromatic heterocycles. The molecule has 2 aromatic carbocycles. The van der Waals surface area contributed by atoms with Gasteiger partial charge in [0, 0.05) is 10.9 Å². The molecule has 1 amide bonds. The summed E-state index contributed by atoms with van der Waals surface area (Å²) in [6.45, 7) is 2.04. The summed E-state index contributed by atoms with van der Waals surface area (Å²) in [6.07, 6.45) is -0.656. The van der Waals surface area contributed by atoms with E-state index in [1.54, 1.807) is 33.3 Å². The highest BCUT2D eigenvalue weighted by Gasteiger charge is 2.17. The van der Waals surface area contributed by atoms with Crippen molar-refractivity contribution >= 4 is 17.2 Å². The van der Waals surface area contributed by atoms with Crippen molar-refractivity contribution < 1.29 is 19.0 Å². The number of nitrogens with one attached hydrogen (secondary N) is 1. The Morgan fingerprint density at radius 2 is 1.79 bits per heavy atom. The Morgan fingerprint density at radius 1 is 1.07 bits per heavy atom. The van der Waals surface area contributed by atoms with Crippen LogP contribution in [0.1, 0.15) is 12.6 Å². The molecule has 0 bridgehead atoms. The van der Waals surface area contributed by atoms with Gasteiger partial charge in [-0.1, -0.05) is 12.1 Å². The Kier molecular flexibility index (Phi) is 6.49. The summed E-state index contributed by atoms with van der Waals surface area (Å²) < 4.78 is 16.1. The van der Waals surface area contributed by atoms with Crippen molar-refractivity contribution in [3.8, 4) is 27.8 Å². The molecule has 0 radical (unpaired) electrons. The van der Waals surface area contributed by atoms with Crippen LogP contribution >= 0.6 is 11.3 Å². The molecule has 0 fully saturated rings. The maximum atomic E-state index is 12.4. The summed E-state index contributed by atoms with van der Waals surface area (Å²) in [5.41, 5.74) is 1.81. The van der Waals surface area contributed by atoms with Crippen LogP contribution in [0.5, 0.6) is 17.2 Å². The smallest absolute Gasteiger partial charge is 0.261 e. The van der Waals surface area contributed by atoms with Crippen molar-refractivity contribution in [3.63, 3.8) is 0 Å². The number of benzene rings is 2. The minimum Gasteiger partial charge on any atom is -0.497 e. The van der Waals surface area contributed by atoms with Crippen LogP contribution in [-0.2, 0) is 11.3 Å². The number of hydrogen-bond donors (Lipinski definition) is 1. The van der Waals surface area contributed by atoms with Crippen LogP contribution < -0.4 is 19.5 Å². The summed E-state index contributed by atoms with van der Waals surface area (Å²) in [5.74, 6) is 1.70. The van der Waals surface area contributed by atoms with E-state index in [4.69, 9.17) is 14.2 Å². The molecule has 0 saturated heterocycles. The zero-order valence-corrected chi connectivity index (χ0v) is 16.8. The van der Waals surface area contributed by atoms with Gasteiger partial charge in [0.15, 0.2) is 17.6 Å². The second kappa shape index (κ2) is 9.23. The van der Waals surface area contributed by atoms with Gasteiger partial charge in [0.2, 0.25) is 0 Å². The van der Waals surface area contributed by atoms with Crippen LogP contribution in [0.25, 0.3) is 10.6 Å². The highest BCUT2D eigenvalue weighted by Crippen LogP contribution is 2.27. The number of aromatic nitrogens is 1. The fourth-order valence-electron chi connectivity index (χ4n) is 2.54. The van der Waals surface area contributed by atoms with Gasteiger partial charge in [0.1, 0.15) is 10.8 Å². The van der Waals surface area contributed by atoms with Gasteiger partial charge in [-0.25, -0.2) is 4.98 Å². The first-order valence-corrected chi connectivity index (χ1v) is 9.65. The lowest BCUT2D eigenvalue weighted by molar-refractivity contribution is -0.127. The molecule has 0 aliphatic rings. The van der Waals surface area contributed by atoms with E-state index in [1.807, 2.05) is 41.8 Å². The Hall–Kier alpha value is -3.06. The van der Waals surface area contributed by atoms with Crippen molar-refractivity contribution in [2.24, 2.45) is 0 Å². The van der Waals surface area contributed by atoms with Gasteiger partial charge in [-0.2, -0.15) is 0 Å². The standard InChI is InChI=1S/C21H22N2O4S/c1-14(27-19-7-5-4-6-18(19)26-3)20(24)22-12-16-13-28-21(23-16)15-8-10-17(25-2)11-9-15/h4-11,13-14H,12H2,1-3H3,(H,22,24)/t14-/m0/s1. The molecule has 0 saturated carbocycles. The van der Waals surface area contributed by atoms with Gasteiger partial charge >= 0.3 is 0 Å². The number of rotatable bonds is 8. The lowest BCUT2D eigenvalue weighted by Crippen LogP contribution is -2.36. The Labute approximate surface area is 168 Å². The van der Waals surface area contributed by atoms with Crippen molar-refractivity contribution in [2.45, 2.75) is 19.6 Å². The number of methoxy groups -OCH3 is 2. The molecule has 3 aromatic rings. The largest absolute Gasteiger partial charge is 0.497 e. The van der Waals surface area contributed by atoms with E-state index in [2.05, 4.69) is 10.3 Å². The fraction of sp³-hybridized carbons (Fsp3) is 0.238. The van der Waals surface area contributed by atoms with E-state index in [0.29, 0.717) is 18.0 Å². The van der Waals surface area contributed by atoms with Crippen LogP contribution in [0.3, 0.4) is 0 Å². The lowest BCUT2D eigenvalue weighted by Gasteiger charge is -2.16. The van der Waals surface area contributed by atoms with Crippen LogP contribution in [-0.4, -0.2) is 31.2 Å². The number of ether oxygens (including phenoxy) is 3. The molecule has 0 aliphatic heterocycles. The van der Waals surface area contributed by atoms with E-state index >= 15 is 0 Å². The number of thiazole rings is 1. The second-order valence-corrected chi connectivity index (χ2v) is 6.86. The molecular formula is C21H22N2O4S. The maximum Gasteiger partial charge on any atom is 0.261 e. The van der Waals surface area contributed by atoms with E-state index < -0.39 is 6.10 Å². The number of hydrogen-bond acceptors (Lipinski definition) is 6. The molecule has 0 unspecified atom stereocenters. The zero-order chi connectivity index (χ0) is 19.9. The Balaban J connectivity index is 1.56. The third-order valence-corrected chi connectivity index (χ3v) is 5.01. The van der Waals surface area contributed by atoms with Crippen LogP contribution in [0.15, 0.2) is 53.9 Å². The summed E-state index contributed by atoms with van der Waals surface area (Å²) in [5, 5.41) is 5.69. The van der Waals surface area contributed by atoms with E-state index in [1.165, 1.54) is 11.3 Å². The highest BCUT2D eigenvalue weighted by atomic mass is 32.1. The first kappa shape index (κ1) is 19.7. The maximum absolute atomic E-state index is 12.4. The summed E-state index contributed by atoms with van der Waals surface area (Å²) in [4.78, 5) is 16.9. The number of amides is 1. The number of para-hydroxylation sites is 2. The summed E-state index contributed by atoms with van der Waals surface area (Å²) in [6, 6.07) is 15.0. The molecule has 7 heteroatoms. The first-order valence-electron chi connectivity index (χ1n) is 8.77. The van der Waals surface area contributed by atoms with Crippen molar-refractivity contribution in [1.29, 1.82) is 0 Å². The molecule has 1 heterocycles. The van der Waals surface area contributed by atoms with Crippen LogP contribution in [0.4, 0.5) is 0 Å². The van der Waals surface area contributed by atoms with Crippen LogP contribution in [0, 0.1) is 0 Å². The summed E-state index contributed by atoms with van der Waals surface area (Å²) in [7, 11) is 3.20. The Bertz CT molecular complexity index is 924. The van der Waals surface area contributed by atoms with Gasteiger partial charge in [0.25, 0.3) is 5.91 Å². The molecule has 0 spiro atoms. The van der Waals surface area contributed by atoms with Crippen molar-refractivity contribution in [2.75, 3.05) is 14.2 Å². The van der Waals surface area contributed by atoms with E-state index in [-0.39, 0.29) is 5.91 Å². The van der Waals surface area contributed by atoms with Gasteiger partial charge in [-0.3, -0.25) is 4.79 Å². The van der Waals surface area contributed by atoms with Gasteiger partial charge in [-0.15, -0.1) is 11.3 Å². The monoisotopic (exact) mass is 398 g/mol. The molecule has 0 aliphatic carbocycles. The predicted molar refractivity (Wildman–Crippen MR) is 109 cm³/mol. The normalized spacial score (nSPS) is 11.5. The summed E-state index contributed by atoms with van der Waals surface area (Å²) >= 11 is 1.53. The van der Waals surface area contributed by atoms with E-state index in [0.717, 1.165) is 22.0 Å². The van der Waals surface area contributed by atoms with Crippen molar-refractivity contribution in [1.82, 2.24) is 10.3 Å².